The summed E-state index contributed by atoms with van der Waals surface area (Å²) in [6.07, 6.45) is 3.28. The number of pyridine rings is 1. The summed E-state index contributed by atoms with van der Waals surface area (Å²) in [6.45, 7) is 0.135. The van der Waals surface area contributed by atoms with E-state index in [1.54, 1.807) is 18.5 Å². The lowest BCUT2D eigenvalue weighted by molar-refractivity contribution is -0.120. The second-order valence-electron chi connectivity index (χ2n) is 5.63. The van der Waals surface area contributed by atoms with Gasteiger partial charge in [0.05, 0.1) is 11.4 Å². The molecular formula is C17H20N4O4S. The zero-order chi connectivity index (χ0) is 19.2. The Morgan fingerprint density at radius 2 is 1.77 bits per heavy atom. The van der Waals surface area contributed by atoms with Gasteiger partial charge in [0.15, 0.2) is 0 Å². The minimum atomic E-state index is -3.55. The molecule has 0 aliphatic rings. The van der Waals surface area contributed by atoms with E-state index in [9.17, 15) is 18.0 Å². The van der Waals surface area contributed by atoms with Crippen LogP contribution in [0.4, 0.5) is 0 Å². The number of hydrogen-bond acceptors (Lipinski definition) is 5. The maximum atomic E-state index is 12.1. The van der Waals surface area contributed by atoms with Crippen LogP contribution in [0.5, 0.6) is 0 Å². The van der Waals surface area contributed by atoms with Crippen molar-refractivity contribution in [3.8, 4) is 0 Å². The Hall–Kier alpha value is -2.78. The summed E-state index contributed by atoms with van der Waals surface area (Å²) in [5, 5.41) is 5.16. The summed E-state index contributed by atoms with van der Waals surface area (Å²) in [4.78, 5) is 27.9. The first kappa shape index (κ1) is 19.5. The maximum absolute atomic E-state index is 12.1. The summed E-state index contributed by atoms with van der Waals surface area (Å²) < 4.78 is 25.1. The van der Waals surface area contributed by atoms with E-state index >= 15 is 0 Å². The smallest absolute Gasteiger partial charge is 0.251 e. The van der Waals surface area contributed by atoms with Crippen molar-refractivity contribution in [3.63, 3.8) is 0 Å². The van der Waals surface area contributed by atoms with Crippen LogP contribution >= 0.6 is 0 Å². The second-order valence-corrected chi connectivity index (χ2v) is 7.78. The first-order valence-corrected chi connectivity index (χ1v) is 9.21. The van der Waals surface area contributed by atoms with E-state index in [-0.39, 0.29) is 22.9 Å². The lowest BCUT2D eigenvalue weighted by Gasteiger charge is -2.11. The molecule has 26 heavy (non-hydrogen) atoms. The van der Waals surface area contributed by atoms with Gasteiger partial charge in [-0.05, 0) is 35.9 Å². The van der Waals surface area contributed by atoms with Crippen molar-refractivity contribution in [2.75, 3.05) is 20.6 Å². The summed E-state index contributed by atoms with van der Waals surface area (Å²) in [7, 11) is -0.685. The van der Waals surface area contributed by atoms with Crippen LogP contribution in [0, 0.1) is 0 Å². The average molecular weight is 376 g/mol. The van der Waals surface area contributed by atoms with E-state index in [4.69, 9.17) is 0 Å². The molecule has 0 saturated carbocycles. The van der Waals surface area contributed by atoms with Gasteiger partial charge in [-0.25, -0.2) is 12.7 Å². The number of nitrogens with one attached hydrogen (secondary N) is 2. The number of nitrogens with zero attached hydrogens (tertiary/aromatic N) is 2. The number of carbonyl (C=O) groups excluding carboxylic acids is 2. The average Bonchev–Trinajstić information content (AvgIpc) is 2.65. The van der Waals surface area contributed by atoms with Crippen molar-refractivity contribution < 1.29 is 18.0 Å². The van der Waals surface area contributed by atoms with Crippen LogP contribution in [0.15, 0.2) is 53.7 Å². The topological polar surface area (TPSA) is 108 Å². The number of benzene rings is 1. The molecule has 2 aromatic rings. The van der Waals surface area contributed by atoms with Crippen LogP contribution in [0.25, 0.3) is 0 Å². The highest BCUT2D eigenvalue weighted by Crippen LogP contribution is 2.13. The van der Waals surface area contributed by atoms with Crippen LogP contribution in [-0.4, -0.2) is 50.2 Å². The van der Waals surface area contributed by atoms with Crippen molar-refractivity contribution in [1.29, 1.82) is 0 Å². The zero-order valence-electron chi connectivity index (χ0n) is 14.5. The summed E-state index contributed by atoms with van der Waals surface area (Å²) in [5.41, 5.74) is 1.12. The minimum absolute atomic E-state index is 0.0910. The van der Waals surface area contributed by atoms with Gasteiger partial charge in [-0.2, -0.15) is 0 Å². The largest absolute Gasteiger partial charge is 0.350 e. The monoisotopic (exact) mass is 376 g/mol. The zero-order valence-corrected chi connectivity index (χ0v) is 15.3. The number of aromatic nitrogens is 1. The van der Waals surface area contributed by atoms with E-state index in [1.807, 2.05) is 6.07 Å². The van der Waals surface area contributed by atoms with Crippen LogP contribution in [0.1, 0.15) is 15.9 Å². The lowest BCUT2D eigenvalue weighted by Crippen LogP contribution is -2.36. The van der Waals surface area contributed by atoms with E-state index in [1.165, 1.54) is 38.4 Å². The fourth-order valence-electron chi connectivity index (χ4n) is 2.02. The normalized spacial score (nSPS) is 11.2. The van der Waals surface area contributed by atoms with Gasteiger partial charge in [0.25, 0.3) is 5.91 Å². The molecule has 8 nitrogen and oxygen atoms in total. The molecule has 0 aliphatic carbocycles. The summed E-state index contributed by atoms with van der Waals surface area (Å²) >= 11 is 0. The Balaban J connectivity index is 1.87. The van der Waals surface area contributed by atoms with Crippen molar-refractivity contribution >= 4 is 21.8 Å². The Labute approximate surface area is 152 Å². The van der Waals surface area contributed by atoms with Gasteiger partial charge < -0.3 is 10.6 Å². The molecule has 0 radical (unpaired) electrons. The van der Waals surface area contributed by atoms with Gasteiger partial charge >= 0.3 is 0 Å². The molecule has 0 spiro atoms. The van der Waals surface area contributed by atoms with E-state index in [0.717, 1.165) is 9.87 Å². The molecule has 2 amide bonds. The van der Waals surface area contributed by atoms with E-state index in [2.05, 4.69) is 15.6 Å². The third-order valence-electron chi connectivity index (χ3n) is 3.52. The van der Waals surface area contributed by atoms with Crippen molar-refractivity contribution in [2.24, 2.45) is 0 Å². The van der Waals surface area contributed by atoms with Gasteiger partial charge in [-0.15, -0.1) is 0 Å². The molecule has 2 N–H and O–H groups in total. The highest BCUT2D eigenvalue weighted by Gasteiger charge is 2.17. The van der Waals surface area contributed by atoms with E-state index in [0.29, 0.717) is 6.54 Å². The molecular weight excluding hydrogens is 356 g/mol. The predicted molar refractivity (Wildman–Crippen MR) is 95.7 cm³/mol. The first-order valence-electron chi connectivity index (χ1n) is 7.77. The number of sulfonamides is 1. The number of amides is 2. The molecule has 0 bridgehead atoms. The fraction of sp³-hybridized carbons (Fsp3) is 0.235. The molecule has 0 saturated heterocycles. The predicted octanol–water partition coefficient (Wildman–Crippen LogP) is 0.378. The van der Waals surface area contributed by atoms with Gasteiger partial charge in [0, 0.05) is 38.6 Å². The van der Waals surface area contributed by atoms with Gasteiger partial charge in [0.1, 0.15) is 0 Å². The Morgan fingerprint density at radius 1 is 1.08 bits per heavy atom. The van der Waals surface area contributed by atoms with Crippen LogP contribution < -0.4 is 10.6 Å². The standard InChI is InChI=1S/C17H20N4O4S/c1-21(2)26(24,25)15-7-5-14(6-8-15)17(23)20-12-16(22)19-11-13-4-3-9-18-10-13/h3-10H,11-12H2,1-2H3,(H,19,22)(H,20,23). The molecule has 0 unspecified atom stereocenters. The second kappa shape index (κ2) is 8.54. The molecule has 0 atom stereocenters. The first-order chi connectivity index (χ1) is 12.3. The molecule has 138 valence electrons. The fourth-order valence-corrected chi connectivity index (χ4v) is 2.92. The van der Waals surface area contributed by atoms with Gasteiger partial charge in [0.2, 0.25) is 15.9 Å². The van der Waals surface area contributed by atoms with Crippen molar-refractivity contribution in [3.05, 3.63) is 59.9 Å². The Kier molecular flexibility index (Phi) is 6.42. The minimum Gasteiger partial charge on any atom is -0.350 e. The van der Waals surface area contributed by atoms with Gasteiger partial charge in [-0.3, -0.25) is 14.6 Å². The highest BCUT2D eigenvalue weighted by atomic mass is 32.2. The third-order valence-corrected chi connectivity index (χ3v) is 5.35. The van der Waals surface area contributed by atoms with E-state index < -0.39 is 15.9 Å². The van der Waals surface area contributed by atoms with Crippen molar-refractivity contribution in [1.82, 2.24) is 19.9 Å². The number of rotatable bonds is 7. The molecule has 2 rings (SSSR count). The molecule has 1 heterocycles. The molecule has 1 aromatic carbocycles. The summed E-state index contributed by atoms with van der Waals surface area (Å²) in [5.74, 6) is -0.802. The molecule has 1 aromatic heterocycles. The summed E-state index contributed by atoms with van der Waals surface area (Å²) in [6, 6.07) is 9.11. The lowest BCUT2D eigenvalue weighted by atomic mass is 10.2. The quantitative estimate of drug-likeness (QED) is 0.726. The van der Waals surface area contributed by atoms with Gasteiger partial charge in [-0.1, -0.05) is 6.07 Å². The van der Waals surface area contributed by atoms with Crippen LogP contribution in [0.2, 0.25) is 0 Å². The van der Waals surface area contributed by atoms with Crippen LogP contribution in [-0.2, 0) is 21.4 Å². The number of carbonyl (C=O) groups is 2. The maximum Gasteiger partial charge on any atom is 0.251 e. The molecule has 0 aliphatic heterocycles. The molecule has 9 heteroatoms. The Bertz CT molecular complexity index is 865. The van der Waals surface area contributed by atoms with Crippen LogP contribution in [0.3, 0.4) is 0 Å². The number of hydrogen-bond donors (Lipinski definition) is 2. The molecule has 0 fully saturated rings. The Morgan fingerprint density at radius 3 is 2.35 bits per heavy atom. The third kappa shape index (κ3) is 5.11. The highest BCUT2D eigenvalue weighted by molar-refractivity contribution is 7.89. The van der Waals surface area contributed by atoms with Crippen molar-refractivity contribution in [2.45, 2.75) is 11.4 Å². The SMILES string of the molecule is CN(C)S(=O)(=O)c1ccc(C(=O)NCC(=O)NCc2cccnc2)cc1.